The summed E-state index contributed by atoms with van der Waals surface area (Å²) >= 11 is 0. The van der Waals surface area contributed by atoms with Crippen molar-refractivity contribution in [2.24, 2.45) is 11.5 Å². The number of carbonyl (C=O) groups excluding carboxylic acids is 1. The Morgan fingerprint density at radius 1 is 1.44 bits per heavy atom. The number of carboxylic acid groups (broad SMARTS) is 1. The summed E-state index contributed by atoms with van der Waals surface area (Å²) in [5.74, 6) is -1.78. The molecule has 0 unspecified atom stereocenters. The lowest BCUT2D eigenvalue weighted by molar-refractivity contribution is -0.141. The van der Waals surface area contributed by atoms with E-state index < -0.39 is 17.9 Å². The van der Waals surface area contributed by atoms with Crippen LogP contribution >= 0.6 is 0 Å². The Morgan fingerprint density at radius 2 is 2.06 bits per heavy atom. The predicted octanol–water partition coefficient (Wildman–Crippen LogP) is -2.22. The summed E-state index contributed by atoms with van der Waals surface area (Å²) < 4.78 is 0. The molecular formula is C8H17N5O3. The van der Waals surface area contributed by atoms with Crippen LogP contribution in [0.1, 0.15) is 12.8 Å². The van der Waals surface area contributed by atoms with Crippen molar-refractivity contribution in [1.29, 1.82) is 5.41 Å². The third-order valence-corrected chi connectivity index (χ3v) is 1.80. The topological polar surface area (TPSA) is 154 Å². The number of guanidine groups is 1. The van der Waals surface area contributed by atoms with Crippen LogP contribution in [0.3, 0.4) is 0 Å². The monoisotopic (exact) mass is 231 g/mol. The molecule has 1 atom stereocenters. The number of nitrogens with two attached hydrogens (primary N) is 2. The number of hydrogen-bond acceptors (Lipinski definition) is 4. The number of carboxylic acids is 1. The van der Waals surface area contributed by atoms with Gasteiger partial charge in [-0.05, 0) is 12.8 Å². The molecule has 0 radical (unpaired) electrons. The SMILES string of the molecule is N=C(N)NCCC[C@@H](NC(=O)CN)C(=O)O. The van der Waals surface area contributed by atoms with Crippen LogP contribution in [0.15, 0.2) is 0 Å². The normalized spacial score (nSPS) is 11.6. The van der Waals surface area contributed by atoms with Gasteiger partial charge in [0.15, 0.2) is 5.96 Å². The highest BCUT2D eigenvalue weighted by Gasteiger charge is 2.18. The molecule has 0 aliphatic rings. The van der Waals surface area contributed by atoms with Gasteiger partial charge in [-0.1, -0.05) is 0 Å². The highest BCUT2D eigenvalue weighted by Crippen LogP contribution is 1.96. The molecule has 8 N–H and O–H groups in total. The molecule has 0 aliphatic heterocycles. The van der Waals surface area contributed by atoms with Crippen molar-refractivity contribution in [3.05, 3.63) is 0 Å². The Hall–Kier alpha value is -1.83. The number of nitrogens with one attached hydrogen (secondary N) is 3. The van der Waals surface area contributed by atoms with E-state index in [1.165, 1.54) is 0 Å². The molecule has 1 amide bonds. The first-order valence-electron chi connectivity index (χ1n) is 4.77. The number of amides is 1. The third-order valence-electron chi connectivity index (χ3n) is 1.80. The van der Waals surface area contributed by atoms with Crippen molar-refractivity contribution in [3.8, 4) is 0 Å². The van der Waals surface area contributed by atoms with E-state index in [0.717, 1.165) is 0 Å². The van der Waals surface area contributed by atoms with Crippen molar-refractivity contribution in [2.75, 3.05) is 13.1 Å². The number of aliphatic carboxylic acids is 1. The molecule has 0 aliphatic carbocycles. The summed E-state index contributed by atoms with van der Waals surface area (Å²) in [6.45, 7) is 0.146. The second-order valence-corrected chi connectivity index (χ2v) is 3.15. The summed E-state index contributed by atoms with van der Waals surface area (Å²) in [7, 11) is 0. The van der Waals surface area contributed by atoms with Crippen molar-refractivity contribution in [1.82, 2.24) is 10.6 Å². The van der Waals surface area contributed by atoms with Crippen LogP contribution in [0, 0.1) is 5.41 Å². The second-order valence-electron chi connectivity index (χ2n) is 3.15. The molecular weight excluding hydrogens is 214 g/mol. The zero-order valence-corrected chi connectivity index (χ0v) is 8.82. The predicted molar refractivity (Wildman–Crippen MR) is 57.8 cm³/mol. The molecule has 0 bridgehead atoms. The average Bonchev–Trinajstić information content (AvgIpc) is 2.21. The van der Waals surface area contributed by atoms with E-state index in [1.807, 2.05) is 0 Å². The second kappa shape index (κ2) is 7.46. The molecule has 8 nitrogen and oxygen atoms in total. The van der Waals surface area contributed by atoms with E-state index in [4.69, 9.17) is 22.0 Å². The first-order chi connectivity index (χ1) is 7.47. The maximum atomic E-state index is 10.9. The van der Waals surface area contributed by atoms with Gasteiger partial charge in [0.1, 0.15) is 6.04 Å². The van der Waals surface area contributed by atoms with Gasteiger partial charge < -0.3 is 27.2 Å². The van der Waals surface area contributed by atoms with Gasteiger partial charge in [-0.25, -0.2) is 4.79 Å². The maximum absolute atomic E-state index is 10.9. The fourth-order valence-electron chi connectivity index (χ4n) is 1.04. The highest BCUT2D eigenvalue weighted by atomic mass is 16.4. The largest absolute Gasteiger partial charge is 0.480 e. The van der Waals surface area contributed by atoms with E-state index >= 15 is 0 Å². The Bertz CT molecular complexity index is 268. The van der Waals surface area contributed by atoms with Gasteiger partial charge in [-0.15, -0.1) is 0 Å². The van der Waals surface area contributed by atoms with Crippen LogP contribution in [0.5, 0.6) is 0 Å². The molecule has 0 aromatic heterocycles. The Morgan fingerprint density at radius 3 is 2.50 bits per heavy atom. The summed E-state index contributed by atoms with van der Waals surface area (Å²) in [6, 6.07) is -0.954. The van der Waals surface area contributed by atoms with E-state index in [0.29, 0.717) is 13.0 Å². The minimum Gasteiger partial charge on any atom is -0.480 e. The molecule has 8 heteroatoms. The maximum Gasteiger partial charge on any atom is 0.326 e. The summed E-state index contributed by atoms with van der Waals surface area (Å²) in [4.78, 5) is 21.6. The van der Waals surface area contributed by atoms with Gasteiger partial charge >= 0.3 is 5.97 Å². The standard InChI is InChI=1S/C8H17N5O3/c9-4-6(14)13-5(7(15)16)2-1-3-12-8(10)11/h5H,1-4,9H2,(H,13,14)(H,15,16)(H4,10,11,12)/t5-/m1/s1. The molecule has 92 valence electrons. The molecule has 0 fully saturated rings. The van der Waals surface area contributed by atoms with Crippen molar-refractivity contribution >= 4 is 17.8 Å². The van der Waals surface area contributed by atoms with Gasteiger partial charge in [0.05, 0.1) is 6.54 Å². The highest BCUT2D eigenvalue weighted by molar-refractivity contribution is 5.84. The number of hydrogen-bond donors (Lipinski definition) is 6. The van der Waals surface area contributed by atoms with E-state index in [1.54, 1.807) is 0 Å². The van der Waals surface area contributed by atoms with E-state index in [2.05, 4.69) is 10.6 Å². The quantitative estimate of drug-likeness (QED) is 0.166. The summed E-state index contributed by atoms with van der Waals surface area (Å²) in [6.07, 6.45) is 0.725. The molecule has 0 rings (SSSR count). The van der Waals surface area contributed by atoms with Crippen LogP contribution < -0.4 is 22.1 Å². The molecule has 0 aromatic carbocycles. The lowest BCUT2D eigenvalue weighted by atomic mass is 10.1. The molecule has 0 aromatic rings. The van der Waals surface area contributed by atoms with Crippen molar-refractivity contribution in [3.63, 3.8) is 0 Å². The van der Waals surface area contributed by atoms with Crippen LogP contribution in [0.25, 0.3) is 0 Å². The zero-order valence-electron chi connectivity index (χ0n) is 8.82. The van der Waals surface area contributed by atoms with E-state index in [-0.39, 0.29) is 18.9 Å². The Labute approximate surface area is 92.9 Å². The zero-order chi connectivity index (χ0) is 12.6. The minimum atomic E-state index is -1.11. The molecule has 0 saturated carbocycles. The third kappa shape index (κ3) is 6.60. The first-order valence-corrected chi connectivity index (χ1v) is 4.77. The lowest BCUT2D eigenvalue weighted by Crippen LogP contribution is -2.44. The molecule has 0 heterocycles. The molecule has 0 saturated heterocycles. The van der Waals surface area contributed by atoms with Gasteiger partial charge in [-0.2, -0.15) is 0 Å². The van der Waals surface area contributed by atoms with Crippen LogP contribution in [-0.4, -0.2) is 42.1 Å². The van der Waals surface area contributed by atoms with Gasteiger partial charge in [-0.3, -0.25) is 10.2 Å². The fraction of sp³-hybridized carbons (Fsp3) is 0.625. The minimum absolute atomic E-state index is 0.169. The molecule has 16 heavy (non-hydrogen) atoms. The van der Waals surface area contributed by atoms with Crippen LogP contribution in [-0.2, 0) is 9.59 Å². The van der Waals surface area contributed by atoms with Gasteiger partial charge in [0.2, 0.25) is 5.91 Å². The van der Waals surface area contributed by atoms with Crippen molar-refractivity contribution in [2.45, 2.75) is 18.9 Å². The molecule has 0 spiro atoms. The van der Waals surface area contributed by atoms with Crippen LogP contribution in [0.4, 0.5) is 0 Å². The van der Waals surface area contributed by atoms with Crippen LogP contribution in [0.2, 0.25) is 0 Å². The first kappa shape index (κ1) is 14.2. The number of carbonyl (C=O) groups is 2. The van der Waals surface area contributed by atoms with E-state index in [9.17, 15) is 9.59 Å². The summed E-state index contributed by atoms with van der Waals surface area (Å²) in [5, 5.41) is 20.5. The smallest absolute Gasteiger partial charge is 0.326 e. The Kier molecular flexibility index (Phi) is 6.61. The summed E-state index contributed by atoms with van der Waals surface area (Å²) in [5.41, 5.74) is 10.1. The average molecular weight is 231 g/mol. The number of rotatable bonds is 7. The lowest BCUT2D eigenvalue weighted by Gasteiger charge is -2.13. The van der Waals surface area contributed by atoms with Gasteiger partial charge in [0.25, 0.3) is 0 Å². The van der Waals surface area contributed by atoms with Gasteiger partial charge in [0, 0.05) is 6.54 Å². The Balaban J connectivity index is 3.90. The van der Waals surface area contributed by atoms with Crippen molar-refractivity contribution < 1.29 is 14.7 Å². The fourth-order valence-corrected chi connectivity index (χ4v) is 1.04.